The molecule has 3 rings (SSSR count). The normalized spacial score (nSPS) is 24.1. The van der Waals surface area contributed by atoms with E-state index in [1.165, 1.54) is 12.8 Å². The lowest BCUT2D eigenvalue weighted by Gasteiger charge is -2.26. The standard InChI is InChI=1S/C21H28N2O4/c1-14-5-3-8-18(11-14)27-13-16-6-4-7-17(12-16)22-21(26)15(2)23-19(24)9-10-20(23)25/h4,6-7,12,14-15,18H,3,5,8-11,13H2,1-2H3,(H,22,26)/t14-,15-,18-/m1/s1. The van der Waals surface area contributed by atoms with E-state index in [1.54, 1.807) is 13.0 Å². The summed E-state index contributed by atoms with van der Waals surface area (Å²) < 4.78 is 6.05. The molecule has 146 valence electrons. The molecule has 0 bridgehead atoms. The van der Waals surface area contributed by atoms with Crippen LogP contribution >= 0.6 is 0 Å². The number of benzene rings is 1. The molecule has 27 heavy (non-hydrogen) atoms. The van der Waals surface area contributed by atoms with Crippen molar-refractivity contribution in [3.8, 4) is 0 Å². The topological polar surface area (TPSA) is 75.7 Å². The van der Waals surface area contributed by atoms with Crippen LogP contribution < -0.4 is 5.32 Å². The minimum Gasteiger partial charge on any atom is -0.374 e. The van der Waals surface area contributed by atoms with Gasteiger partial charge in [-0.1, -0.05) is 31.9 Å². The zero-order chi connectivity index (χ0) is 19.4. The molecule has 1 saturated heterocycles. The summed E-state index contributed by atoms with van der Waals surface area (Å²) in [5.41, 5.74) is 1.64. The van der Waals surface area contributed by atoms with Gasteiger partial charge in [-0.15, -0.1) is 0 Å². The van der Waals surface area contributed by atoms with E-state index in [4.69, 9.17) is 4.74 Å². The van der Waals surface area contributed by atoms with Gasteiger partial charge in [0.25, 0.3) is 0 Å². The second-order valence-electron chi connectivity index (χ2n) is 7.73. The number of carbonyl (C=O) groups excluding carboxylic acids is 3. The quantitative estimate of drug-likeness (QED) is 0.778. The molecule has 6 nitrogen and oxygen atoms in total. The van der Waals surface area contributed by atoms with Crippen molar-refractivity contribution in [3.63, 3.8) is 0 Å². The molecule has 1 aromatic rings. The minimum atomic E-state index is -0.809. The van der Waals surface area contributed by atoms with Gasteiger partial charge in [0.1, 0.15) is 6.04 Å². The van der Waals surface area contributed by atoms with Gasteiger partial charge in [0, 0.05) is 18.5 Å². The van der Waals surface area contributed by atoms with E-state index in [0.29, 0.717) is 24.3 Å². The number of amides is 3. The summed E-state index contributed by atoms with van der Waals surface area (Å²) in [6.07, 6.45) is 5.38. The maximum absolute atomic E-state index is 12.5. The van der Waals surface area contributed by atoms with Crippen molar-refractivity contribution in [3.05, 3.63) is 29.8 Å². The SMILES string of the molecule is C[C@@H]1CCC[C@@H](OCc2cccc(NC(=O)[C@@H](C)N3C(=O)CCC3=O)c2)C1. The van der Waals surface area contributed by atoms with Crippen LogP contribution in [0.25, 0.3) is 0 Å². The van der Waals surface area contributed by atoms with Crippen molar-refractivity contribution < 1.29 is 19.1 Å². The summed E-state index contributed by atoms with van der Waals surface area (Å²) in [5.74, 6) is -0.220. The predicted molar refractivity (Wildman–Crippen MR) is 102 cm³/mol. The Kier molecular flexibility index (Phi) is 6.26. The van der Waals surface area contributed by atoms with E-state index in [-0.39, 0.29) is 30.6 Å². The first kappa shape index (κ1) is 19.5. The van der Waals surface area contributed by atoms with Gasteiger partial charge < -0.3 is 10.1 Å². The first-order valence-corrected chi connectivity index (χ1v) is 9.80. The number of ether oxygens (including phenoxy) is 1. The summed E-state index contributed by atoms with van der Waals surface area (Å²) >= 11 is 0. The average Bonchev–Trinajstić information content (AvgIpc) is 2.98. The molecule has 0 aromatic heterocycles. The molecule has 1 N–H and O–H groups in total. The Balaban J connectivity index is 1.56. The summed E-state index contributed by atoms with van der Waals surface area (Å²) in [4.78, 5) is 37.1. The first-order chi connectivity index (χ1) is 12.9. The van der Waals surface area contributed by atoms with Crippen LogP contribution in [0.1, 0.15) is 57.9 Å². The minimum absolute atomic E-state index is 0.184. The Hall–Kier alpha value is -2.21. The number of likely N-dealkylation sites (tertiary alicyclic amines) is 1. The van der Waals surface area contributed by atoms with Crippen molar-refractivity contribution in [1.82, 2.24) is 4.90 Å². The molecule has 1 aliphatic carbocycles. The highest BCUT2D eigenvalue weighted by atomic mass is 16.5. The summed E-state index contributed by atoms with van der Waals surface area (Å²) in [5, 5.41) is 2.80. The number of hydrogen-bond acceptors (Lipinski definition) is 4. The zero-order valence-corrected chi connectivity index (χ0v) is 16.1. The lowest BCUT2D eigenvalue weighted by atomic mass is 9.89. The van der Waals surface area contributed by atoms with E-state index < -0.39 is 6.04 Å². The van der Waals surface area contributed by atoms with Gasteiger partial charge in [0.15, 0.2) is 0 Å². The van der Waals surface area contributed by atoms with Crippen molar-refractivity contribution in [2.75, 3.05) is 5.32 Å². The third kappa shape index (κ3) is 4.95. The second kappa shape index (κ2) is 8.65. The number of carbonyl (C=O) groups is 3. The smallest absolute Gasteiger partial charge is 0.247 e. The van der Waals surface area contributed by atoms with Gasteiger partial charge >= 0.3 is 0 Å². The number of anilines is 1. The van der Waals surface area contributed by atoms with Crippen LogP contribution in [0, 0.1) is 5.92 Å². The molecule has 3 atom stereocenters. The van der Waals surface area contributed by atoms with E-state index in [0.717, 1.165) is 23.3 Å². The van der Waals surface area contributed by atoms with Crippen LogP contribution in [0.4, 0.5) is 5.69 Å². The van der Waals surface area contributed by atoms with Crippen LogP contribution in [0.2, 0.25) is 0 Å². The fraction of sp³-hybridized carbons (Fsp3) is 0.571. The molecule has 1 aromatic carbocycles. The van der Waals surface area contributed by atoms with Crippen molar-refractivity contribution in [2.24, 2.45) is 5.92 Å². The highest BCUT2D eigenvalue weighted by molar-refractivity contribution is 6.07. The van der Waals surface area contributed by atoms with Crippen molar-refractivity contribution in [2.45, 2.75) is 71.1 Å². The third-order valence-electron chi connectivity index (χ3n) is 5.43. The van der Waals surface area contributed by atoms with E-state index in [2.05, 4.69) is 12.2 Å². The fourth-order valence-electron chi connectivity index (χ4n) is 3.87. The number of nitrogens with one attached hydrogen (secondary N) is 1. The maximum Gasteiger partial charge on any atom is 0.247 e. The molecule has 0 radical (unpaired) electrons. The van der Waals surface area contributed by atoms with Crippen LogP contribution in [-0.2, 0) is 25.7 Å². The average molecular weight is 372 g/mol. The maximum atomic E-state index is 12.5. The number of rotatable bonds is 6. The first-order valence-electron chi connectivity index (χ1n) is 9.80. The second-order valence-corrected chi connectivity index (χ2v) is 7.73. The Morgan fingerprint density at radius 2 is 2.00 bits per heavy atom. The number of hydrogen-bond donors (Lipinski definition) is 1. The van der Waals surface area contributed by atoms with Gasteiger partial charge in [-0.3, -0.25) is 19.3 Å². The lowest BCUT2D eigenvalue weighted by molar-refractivity contribution is -0.144. The lowest BCUT2D eigenvalue weighted by Crippen LogP contribution is -2.44. The predicted octanol–water partition coefficient (Wildman–Crippen LogP) is 3.26. The third-order valence-corrected chi connectivity index (χ3v) is 5.43. The fourth-order valence-corrected chi connectivity index (χ4v) is 3.87. The van der Waals surface area contributed by atoms with E-state index in [9.17, 15) is 14.4 Å². The van der Waals surface area contributed by atoms with Gasteiger partial charge in [0.2, 0.25) is 17.7 Å². The zero-order valence-electron chi connectivity index (χ0n) is 16.1. The molecule has 6 heteroatoms. The molecule has 1 aliphatic heterocycles. The molecule has 1 heterocycles. The van der Waals surface area contributed by atoms with Crippen molar-refractivity contribution in [1.29, 1.82) is 0 Å². The Labute approximate surface area is 160 Å². The summed E-state index contributed by atoms with van der Waals surface area (Å²) in [6, 6.07) is 6.71. The highest BCUT2D eigenvalue weighted by Gasteiger charge is 2.36. The number of imide groups is 1. The highest BCUT2D eigenvalue weighted by Crippen LogP contribution is 2.26. The van der Waals surface area contributed by atoms with Crippen molar-refractivity contribution >= 4 is 23.4 Å². The van der Waals surface area contributed by atoms with Crippen LogP contribution in [0.3, 0.4) is 0 Å². The molecule has 0 unspecified atom stereocenters. The molecule has 3 amide bonds. The van der Waals surface area contributed by atoms with Crippen LogP contribution in [0.5, 0.6) is 0 Å². The van der Waals surface area contributed by atoms with Gasteiger partial charge in [-0.2, -0.15) is 0 Å². The van der Waals surface area contributed by atoms with Gasteiger partial charge in [-0.05, 0) is 43.4 Å². The monoisotopic (exact) mass is 372 g/mol. The van der Waals surface area contributed by atoms with E-state index in [1.807, 2.05) is 18.2 Å². The molecular weight excluding hydrogens is 344 g/mol. The molecule has 2 aliphatic rings. The summed E-state index contributed by atoms with van der Waals surface area (Å²) in [7, 11) is 0. The summed E-state index contributed by atoms with van der Waals surface area (Å²) in [6.45, 7) is 4.36. The molecule has 1 saturated carbocycles. The number of nitrogens with zero attached hydrogens (tertiary/aromatic N) is 1. The van der Waals surface area contributed by atoms with Crippen LogP contribution in [0.15, 0.2) is 24.3 Å². The molecular formula is C21H28N2O4. The van der Waals surface area contributed by atoms with Crippen LogP contribution in [-0.4, -0.2) is 34.8 Å². The Bertz CT molecular complexity index is 702. The Morgan fingerprint density at radius 1 is 1.26 bits per heavy atom. The Morgan fingerprint density at radius 3 is 2.70 bits per heavy atom. The molecule has 2 fully saturated rings. The van der Waals surface area contributed by atoms with Gasteiger partial charge in [0.05, 0.1) is 12.7 Å². The molecule has 0 spiro atoms. The van der Waals surface area contributed by atoms with E-state index >= 15 is 0 Å². The largest absolute Gasteiger partial charge is 0.374 e. The van der Waals surface area contributed by atoms with Gasteiger partial charge in [-0.25, -0.2) is 0 Å².